The molecule has 0 spiro atoms. The van der Waals surface area contributed by atoms with E-state index in [0.717, 1.165) is 38.5 Å². The van der Waals surface area contributed by atoms with Crippen molar-refractivity contribution >= 4 is 23.0 Å². The number of ether oxygens (including phenoxy) is 1. The standard InChI is InChI=1S/C17H27N3OS/c1-13(2)11-20-7-8-21-16(12-20)10-18-17(22)19-15-6-4-5-14(3)9-15/h4-6,9,13,16H,7-8,10-12H2,1-3H3,(H2,18,19,22)/t16-/m1/s1. The molecular weight excluding hydrogens is 294 g/mol. The predicted octanol–water partition coefficient (Wildman–Crippen LogP) is 2.64. The van der Waals surface area contributed by atoms with Gasteiger partial charge in [0.1, 0.15) is 0 Å². The molecule has 2 rings (SSSR count). The van der Waals surface area contributed by atoms with Crippen LogP contribution >= 0.6 is 12.2 Å². The summed E-state index contributed by atoms with van der Waals surface area (Å²) in [6.45, 7) is 11.3. The van der Waals surface area contributed by atoms with Crippen LogP contribution in [0.15, 0.2) is 24.3 Å². The van der Waals surface area contributed by atoms with Gasteiger partial charge >= 0.3 is 0 Å². The van der Waals surface area contributed by atoms with Gasteiger partial charge in [0.05, 0.1) is 12.7 Å². The second-order valence-corrected chi connectivity index (χ2v) is 6.76. The van der Waals surface area contributed by atoms with E-state index in [1.54, 1.807) is 0 Å². The number of hydrogen-bond donors (Lipinski definition) is 2. The van der Waals surface area contributed by atoms with E-state index < -0.39 is 0 Å². The molecule has 1 aliphatic rings. The van der Waals surface area contributed by atoms with Crippen molar-refractivity contribution in [2.45, 2.75) is 26.9 Å². The Labute approximate surface area is 139 Å². The first kappa shape index (κ1) is 17.2. The lowest BCUT2D eigenvalue weighted by atomic mass is 10.2. The SMILES string of the molecule is Cc1cccc(NC(=S)NC[C@@H]2CN(CC(C)C)CCO2)c1. The van der Waals surface area contributed by atoms with E-state index in [0.29, 0.717) is 11.0 Å². The summed E-state index contributed by atoms with van der Waals surface area (Å²) in [5.41, 5.74) is 2.23. The van der Waals surface area contributed by atoms with Gasteiger partial charge in [-0.05, 0) is 42.8 Å². The van der Waals surface area contributed by atoms with Gasteiger partial charge in [-0.25, -0.2) is 0 Å². The summed E-state index contributed by atoms with van der Waals surface area (Å²) in [7, 11) is 0. The lowest BCUT2D eigenvalue weighted by Crippen LogP contribution is -2.48. The number of anilines is 1. The summed E-state index contributed by atoms with van der Waals surface area (Å²) in [6, 6.07) is 8.19. The van der Waals surface area contributed by atoms with Crippen molar-refractivity contribution in [1.82, 2.24) is 10.2 Å². The number of morpholine rings is 1. The van der Waals surface area contributed by atoms with Gasteiger partial charge in [0, 0.05) is 31.9 Å². The molecule has 2 N–H and O–H groups in total. The smallest absolute Gasteiger partial charge is 0.170 e. The van der Waals surface area contributed by atoms with Crippen LogP contribution in [0.25, 0.3) is 0 Å². The fourth-order valence-electron chi connectivity index (χ4n) is 2.69. The third kappa shape index (κ3) is 5.91. The minimum absolute atomic E-state index is 0.199. The fourth-order valence-corrected chi connectivity index (χ4v) is 2.89. The van der Waals surface area contributed by atoms with Crippen molar-refractivity contribution in [3.63, 3.8) is 0 Å². The summed E-state index contributed by atoms with van der Waals surface area (Å²) in [4.78, 5) is 2.47. The van der Waals surface area contributed by atoms with E-state index in [2.05, 4.69) is 48.4 Å². The molecular formula is C17H27N3OS. The molecule has 0 radical (unpaired) electrons. The van der Waals surface area contributed by atoms with E-state index >= 15 is 0 Å². The van der Waals surface area contributed by atoms with Crippen LogP contribution in [0.2, 0.25) is 0 Å². The Morgan fingerprint density at radius 2 is 2.27 bits per heavy atom. The number of rotatable bonds is 5. The Morgan fingerprint density at radius 3 is 3.00 bits per heavy atom. The highest BCUT2D eigenvalue weighted by molar-refractivity contribution is 7.80. The zero-order valence-electron chi connectivity index (χ0n) is 13.8. The summed E-state index contributed by atoms with van der Waals surface area (Å²) in [5.74, 6) is 0.691. The van der Waals surface area contributed by atoms with Crippen LogP contribution in [-0.2, 0) is 4.74 Å². The largest absolute Gasteiger partial charge is 0.374 e. The van der Waals surface area contributed by atoms with Gasteiger partial charge in [0.2, 0.25) is 0 Å². The number of nitrogens with zero attached hydrogens (tertiary/aromatic N) is 1. The van der Waals surface area contributed by atoms with Crippen molar-refractivity contribution < 1.29 is 4.74 Å². The molecule has 0 unspecified atom stereocenters. The molecule has 1 fully saturated rings. The highest BCUT2D eigenvalue weighted by Gasteiger charge is 2.20. The van der Waals surface area contributed by atoms with Crippen LogP contribution in [0.3, 0.4) is 0 Å². The minimum atomic E-state index is 0.199. The maximum atomic E-state index is 5.82. The molecule has 0 bridgehead atoms. The molecule has 1 aromatic carbocycles. The topological polar surface area (TPSA) is 36.5 Å². The van der Waals surface area contributed by atoms with E-state index in [9.17, 15) is 0 Å². The van der Waals surface area contributed by atoms with Gasteiger partial charge in [-0.2, -0.15) is 0 Å². The number of aryl methyl sites for hydroxylation is 1. The second-order valence-electron chi connectivity index (χ2n) is 6.35. The number of thiocarbonyl (C=S) groups is 1. The maximum Gasteiger partial charge on any atom is 0.170 e. The Bertz CT molecular complexity index is 493. The van der Waals surface area contributed by atoms with E-state index in [-0.39, 0.29) is 6.10 Å². The highest BCUT2D eigenvalue weighted by atomic mass is 32.1. The van der Waals surface area contributed by atoms with Crippen LogP contribution in [-0.4, -0.2) is 48.9 Å². The number of benzene rings is 1. The van der Waals surface area contributed by atoms with E-state index in [1.165, 1.54) is 5.56 Å². The molecule has 1 heterocycles. The normalized spacial score (nSPS) is 19.2. The van der Waals surface area contributed by atoms with Crippen LogP contribution in [0.5, 0.6) is 0 Å². The van der Waals surface area contributed by atoms with Gasteiger partial charge < -0.3 is 15.4 Å². The van der Waals surface area contributed by atoms with Gasteiger partial charge in [0.25, 0.3) is 0 Å². The average molecular weight is 321 g/mol. The monoisotopic (exact) mass is 321 g/mol. The van der Waals surface area contributed by atoms with Gasteiger partial charge in [-0.1, -0.05) is 26.0 Å². The second kappa shape index (κ2) is 8.46. The number of nitrogens with one attached hydrogen (secondary N) is 2. The molecule has 5 heteroatoms. The van der Waals surface area contributed by atoms with Crippen LogP contribution in [0.4, 0.5) is 5.69 Å². The van der Waals surface area contributed by atoms with Gasteiger partial charge in [-0.15, -0.1) is 0 Å². The van der Waals surface area contributed by atoms with E-state index in [4.69, 9.17) is 17.0 Å². The first-order chi connectivity index (χ1) is 10.5. The summed E-state index contributed by atoms with van der Waals surface area (Å²) in [5, 5.41) is 7.13. The van der Waals surface area contributed by atoms with Gasteiger partial charge in [0.15, 0.2) is 5.11 Å². The molecule has 1 aliphatic heterocycles. The van der Waals surface area contributed by atoms with Crippen molar-refractivity contribution in [3.05, 3.63) is 29.8 Å². The first-order valence-electron chi connectivity index (χ1n) is 7.98. The third-order valence-corrected chi connectivity index (χ3v) is 3.86. The molecule has 1 aromatic rings. The molecule has 1 atom stereocenters. The molecule has 0 aromatic heterocycles. The van der Waals surface area contributed by atoms with Crippen LogP contribution in [0.1, 0.15) is 19.4 Å². The van der Waals surface area contributed by atoms with Gasteiger partial charge in [-0.3, -0.25) is 4.90 Å². The highest BCUT2D eigenvalue weighted by Crippen LogP contribution is 2.10. The minimum Gasteiger partial charge on any atom is -0.374 e. The van der Waals surface area contributed by atoms with Crippen molar-refractivity contribution in [2.24, 2.45) is 5.92 Å². The molecule has 4 nitrogen and oxygen atoms in total. The lowest BCUT2D eigenvalue weighted by Gasteiger charge is -2.34. The maximum absolute atomic E-state index is 5.82. The quantitative estimate of drug-likeness (QED) is 0.816. The molecule has 0 aliphatic carbocycles. The molecule has 122 valence electrons. The van der Waals surface area contributed by atoms with Crippen molar-refractivity contribution in [2.75, 3.05) is 38.1 Å². The Hall–Kier alpha value is -1.17. The third-order valence-electron chi connectivity index (χ3n) is 3.61. The Kier molecular flexibility index (Phi) is 6.61. The predicted molar refractivity (Wildman–Crippen MR) is 96.4 cm³/mol. The Balaban J connectivity index is 1.73. The van der Waals surface area contributed by atoms with Crippen molar-refractivity contribution in [1.29, 1.82) is 0 Å². The van der Waals surface area contributed by atoms with Crippen LogP contribution in [0, 0.1) is 12.8 Å². The van der Waals surface area contributed by atoms with Crippen LogP contribution < -0.4 is 10.6 Å². The Morgan fingerprint density at radius 1 is 1.45 bits per heavy atom. The number of hydrogen-bond acceptors (Lipinski definition) is 3. The lowest BCUT2D eigenvalue weighted by molar-refractivity contribution is -0.0283. The zero-order chi connectivity index (χ0) is 15.9. The molecule has 0 saturated carbocycles. The fraction of sp³-hybridized carbons (Fsp3) is 0.588. The molecule has 0 amide bonds. The summed E-state index contributed by atoms with van der Waals surface area (Å²) < 4.78 is 5.82. The zero-order valence-corrected chi connectivity index (χ0v) is 14.6. The average Bonchev–Trinajstić information content (AvgIpc) is 2.45. The summed E-state index contributed by atoms with van der Waals surface area (Å²) in [6.07, 6.45) is 0.199. The van der Waals surface area contributed by atoms with Crippen molar-refractivity contribution in [3.8, 4) is 0 Å². The van der Waals surface area contributed by atoms with E-state index in [1.807, 2.05) is 12.1 Å². The summed E-state index contributed by atoms with van der Waals surface area (Å²) >= 11 is 5.36. The molecule has 22 heavy (non-hydrogen) atoms. The first-order valence-corrected chi connectivity index (χ1v) is 8.39. The molecule has 1 saturated heterocycles.